The number of allylic oxidation sites excluding steroid dienone is 1. The Kier molecular flexibility index (Phi) is 6.07. The van der Waals surface area contributed by atoms with Crippen molar-refractivity contribution in [1.82, 2.24) is 0 Å². The summed E-state index contributed by atoms with van der Waals surface area (Å²) in [5.41, 5.74) is -0.474. The lowest BCUT2D eigenvalue weighted by Gasteiger charge is -2.40. The van der Waals surface area contributed by atoms with Gasteiger partial charge in [-0.25, -0.2) is 0 Å². The number of ether oxygens (including phenoxy) is 1. The molecule has 2 aliphatic rings. The third-order valence-electron chi connectivity index (χ3n) is 3.62. The largest absolute Gasteiger partial charge is 0.387 e. The molecule has 0 bridgehead atoms. The number of aliphatic hydroxyl groups is 1. The molecule has 0 aromatic heterocycles. The van der Waals surface area contributed by atoms with E-state index in [0.717, 1.165) is 19.4 Å². The Hall–Kier alpha value is -0.340. The second-order valence-electron chi connectivity index (χ2n) is 5.00. The van der Waals surface area contributed by atoms with E-state index in [1.165, 1.54) is 32.1 Å². The van der Waals surface area contributed by atoms with E-state index < -0.39 is 5.60 Å². The summed E-state index contributed by atoms with van der Waals surface area (Å²) in [6.07, 6.45) is 10.1. The van der Waals surface area contributed by atoms with Gasteiger partial charge in [-0.3, -0.25) is 0 Å². The highest BCUT2D eigenvalue weighted by Crippen LogP contribution is 2.37. The van der Waals surface area contributed by atoms with E-state index >= 15 is 0 Å². The molecular weight excluding hydrogens is 200 g/mol. The lowest BCUT2D eigenvalue weighted by molar-refractivity contribution is -0.126. The fourth-order valence-electron chi connectivity index (χ4n) is 2.76. The van der Waals surface area contributed by atoms with Crippen LogP contribution in [0.2, 0.25) is 0 Å². The molecule has 0 aromatic carbocycles. The van der Waals surface area contributed by atoms with E-state index in [2.05, 4.69) is 6.58 Å². The molecule has 1 aliphatic carbocycles. The SMILES string of the molecule is C=CC.OC1(C2CCCCC2)CCCOC1. The van der Waals surface area contributed by atoms with Crippen LogP contribution in [0, 0.1) is 5.92 Å². The first-order valence-electron chi connectivity index (χ1n) is 6.60. The highest BCUT2D eigenvalue weighted by Gasteiger charge is 2.38. The zero-order valence-electron chi connectivity index (χ0n) is 10.6. The van der Waals surface area contributed by atoms with Crippen molar-refractivity contribution in [1.29, 1.82) is 0 Å². The van der Waals surface area contributed by atoms with Gasteiger partial charge in [0.25, 0.3) is 0 Å². The van der Waals surface area contributed by atoms with Crippen molar-refractivity contribution in [2.24, 2.45) is 5.92 Å². The van der Waals surface area contributed by atoms with Crippen LogP contribution in [0.1, 0.15) is 51.9 Å². The summed E-state index contributed by atoms with van der Waals surface area (Å²) < 4.78 is 5.39. The van der Waals surface area contributed by atoms with Crippen LogP contribution in [0.3, 0.4) is 0 Å². The van der Waals surface area contributed by atoms with Crippen LogP contribution >= 0.6 is 0 Å². The number of hydrogen-bond donors (Lipinski definition) is 1. The first-order chi connectivity index (χ1) is 7.73. The molecule has 2 rings (SSSR count). The van der Waals surface area contributed by atoms with Gasteiger partial charge in [0.15, 0.2) is 0 Å². The highest BCUT2D eigenvalue weighted by molar-refractivity contribution is 4.89. The minimum Gasteiger partial charge on any atom is -0.387 e. The second kappa shape index (κ2) is 7.08. The first kappa shape index (κ1) is 13.7. The van der Waals surface area contributed by atoms with Gasteiger partial charge in [-0.2, -0.15) is 0 Å². The Balaban J connectivity index is 0.000000386. The minimum absolute atomic E-state index is 0.474. The average molecular weight is 226 g/mol. The Morgan fingerprint density at radius 1 is 1.25 bits per heavy atom. The van der Waals surface area contributed by atoms with Crippen LogP contribution in [0.5, 0.6) is 0 Å². The van der Waals surface area contributed by atoms with E-state index in [1.54, 1.807) is 6.08 Å². The van der Waals surface area contributed by atoms with E-state index in [9.17, 15) is 5.11 Å². The zero-order chi connectivity index (χ0) is 11.9. The summed E-state index contributed by atoms with van der Waals surface area (Å²) in [6, 6.07) is 0. The van der Waals surface area contributed by atoms with Crippen LogP contribution in [-0.2, 0) is 4.74 Å². The van der Waals surface area contributed by atoms with Gasteiger partial charge < -0.3 is 9.84 Å². The topological polar surface area (TPSA) is 29.5 Å². The first-order valence-corrected chi connectivity index (χ1v) is 6.60. The van der Waals surface area contributed by atoms with Crippen molar-refractivity contribution in [3.05, 3.63) is 12.7 Å². The van der Waals surface area contributed by atoms with Crippen molar-refractivity contribution in [2.45, 2.75) is 57.5 Å². The standard InChI is InChI=1S/C11H20O2.C3H6/c12-11(7-4-8-13-9-11)10-5-2-1-3-6-10;1-3-2/h10,12H,1-9H2;3H,1H2,2H3. The third kappa shape index (κ3) is 3.91. The number of rotatable bonds is 1. The number of hydrogen-bond acceptors (Lipinski definition) is 2. The molecule has 1 aliphatic heterocycles. The monoisotopic (exact) mass is 226 g/mol. The average Bonchev–Trinajstić information content (AvgIpc) is 2.32. The lowest BCUT2D eigenvalue weighted by Crippen LogP contribution is -2.46. The Bertz CT molecular complexity index is 189. The van der Waals surface area contributed by atoms with Gasteiger partial charge in [0.1, 0.15) is 0 Å². The van der Waals surface area contributed by atoms with Crippen molar-refractivity contribution in [3.8, 4) is 0 Å². The Labute approximate surface area is 99.7 Å². The second-order valence-corrected chi connectivity index (χ2v) is 5.00. The molecule has 16 heavy (non-hydrogen) atoms. The van der Waals surface area contributed by atoms with E-state index in [0.29, 0.717) is 12.5 Å². The highest BCUT2D eigenvalue weighted by atomic mass is 16.5. The summed E-state index contributed by atoms with van der Waals surface area (Å²) in [7, 11) is 0. The van der Waals surface area contributed by atoms with Crippen LogP contribution in [0.4, 0.5) is 0 Å². The summed E-state index contributed by atoms with van der Waals surface area (Å²) in [5.74, 6) is 0.515. The van der Waals surface area contributed by atoms with Crippen molar-refractivity contribution in [2.75, 3.05) is 13.2 Å². The van der Waals surface area contributed by atoms with Gasteiger partial charge in [-0.15, -0.1) is 6.58 Å². The predicted octanol–water partition coefficient (Wildman–Crippen LogP) is 3.30. The normalized spacial score (nSPS) is 31.4. The van der Waals surface area contributed by atoms with E-state index in [4.69, 9.17) is 4.74 Å². The molecule has 94 valence electrons. The van der Waals surface area contributed by atoms with Crippen molar-refractivity contribution < 1.29 is 9.84 Å². The maximum atomic E-state index is 10.4. The van der Waals surface area contributed by atoms with Gasteiger partial charge in [-0.1, -0.05) is 25.3 Å². The molecule has 1 atom stereocenters. The smallest absolute Gasteiger partial charge is 0.0908 e. The van der Waals surface area contributed by atoms with Crippen LogP contribution < -0.4 is 0 Å². The predicted molar refractivity (Wildman–Crippen MR) is 67.4 cm³/mol. The molecule has 2 heteroatoms. The van der Waals surface area contributed by atoms with Gasteiger partial charge >= 0.3 is 0 Å². The molecule has 2 fully saturated rings. The van der Waals surface area contributed by atoms with Gasteiger partial charge in [0.2, 0.25) is 0 Å². The molecular formula is C14H26O2. The summed E-state index contributed by atoms with van der Waals surface area (Å²) in [5, 5.41) is 10.4. The molecule has 1 unspecified atom stereocenters. The quantitative estimate of drug-likeness (QED) is 0.695. The summed E-state index contributed by atoms with van der Waals surface area (Å²) in [6.45, 7) is 6.67. The molecule has 1 saturated carbocycles. The fraction of sp³-hybridized carbons (Fsp3) is 0.857. The Morgan fingerprint density at radius 2 is 1.88 bits per heavy atom. The van der Waals surface area contributed by atoms with Gasteiger partial charge in [0, 0.05) is 6.61 Å². The summed E-state index contributed by atoms with van der Waals surface area (Å²) >= 11 is 0. The molecule has 0 aromatic rings. The molecule has 1 N–H and O–H groups in total. The van der Waals surface area contributed by atoms with Crippen molar-refractivity contribution in [3.63, 3.8) is 0 Å². The summed E-state index contributed by atoms with van der Waals surface area (Å²) in [4.78, 5) is 0. The van der Waals surface area contributed by atoms with E-state index in [-0.39, 0.29) is 0 Å². The molecule has 1 saturated heterocycles. The Morgan fingerprint density at radius 3 is 2.38 bits per heavy atom. The van der Waals surface area contributed by atoms with Crippen LogP contribution in [0.15, 0.2) is 12.7 Å². The van der Waals surface area contributed by atoms with E-state index in [1.807, 2.05) is 6.92 Å². The van der Waals surface area contributed by atoms with Crippen molar-refractivity contribution >= 4 is 0 Å². The molecule has 2 nitrogen and oxygen atoms in total. The fourth-order valence-corrected chi connectivity index (χ4v) is 2.76. The van der Waals surface area contributed by atoms with Crippen LogP contribution in [0.25, 0.3) is 0 Å². The maximum absolute atomic E-state index is 10.4. The maximum Gasteiger partial charge on any atom is 0.0908 e. The molecule has 0 radical (unpaired) electrons. The van der Waals surface area contributed by atoms with Gasteiger partial charge in [-0.05, 0) is 38.5 Å². The minimum atomic E-state index is -0.474. The molecule has 0 spiro atoms. The molecule has 0 amide bonds. The molecule has 1 heterocycles. The lowest BCUT2D eigenvalue weighted by atomic mass is 9.74. The third-order valence-corrected chi connectivity index (χ3v) is 3.62. The van der Waals surface area contributed by atoms with Gasteiger partial charge in [0.05, 0.1) is 12.2 Å². The van der Waals surface area contributed by atoms with Crippen LogP contribution in [-0.4, -0.2) is 23.9 Å². The zero-order valence-corrected chi connectivity index (χ0v) is 10.6.